The van der Waals surface area contributed by atoms with E-state index in [1.54, 1.807) is 18.2 Å². The van der Waals surface area contributed by atoms with E-state index in [9.17, 15) is 36.6 Å². The topological polar surface area (TPSA) is 211 Å². The van der Waals surface area contributed by atoms with E-state index in [4.69, 9.17) is 13.8 Å². The van der Waals surface area contributed by atoms with Crippen LogP contribution in [0.4, 0.5) is 5.69 Å². The van der Waals surface area contributed by atoms with Crippen molar-refractivity contribution in [3.63, 3.8) is 0 Å². The molecule has 0 saturated carbocycles. The molecule has 1 amide bonds. The number of likely N-dealkylation sites (N-methyl/N-ethyl adjacent to an activating group) is 1. The minimum Gasteiger partial charge on any atom is -0.507 e. The van der Waals surface area contributed by atoms with Crippen LogP contribution in [0.25, 0.3) is 11.1 Å². The number of piperazine rings is 1. The predicted molar refractivity (Wildman–Crippen MR) is 169 cm³/mol. The summed E-state index contributed by atoms with van der Waals surface area (Å²) in [5.74, 6) is -1.55. The smallest absolute Gasteiger partial charge is 0.337 e. The lowest BCUT2D eigenvalue weighted by molar-refractivity contribution is 0.0698. The quantitative estimate of drug-likeness (QED) is 0.219. The zero-order valence-corrected chi connectivity index (χ0v) is 26.6. The summed E-state index contributed by atoms with van der Waals surface area (Å²) in [6.45, 7) is 5.31. The first kappa shape index (κ1) is 37.1. The molecule has 1 aliphatic heterocycles. The summed E-state index contributed by atoms with van der Waals surface area (Å²) in [5.41, 5.74) is 1.79. The van der Waals surface area contributed by atoms with Crippen LogP contribution in [0.15, 0.2) is 66.7 Å². The highest BCUT2D eigenvalue weighted by Gasteiger charge is 2.18. The van der Waals surface area contributed by atoms with Gasteiger partial charge in [0.15, 0.2) is 0 Å². The van der Waals surface area contributed by atoms with Crippen molar-refractivity contribution in [1.82, 2.24) is 9.80 Å². The summed E-state index contributed by atoms with van der Waals surface area (Å²) in [6.07, 6.45) is 1.43. The number of hydrogen-bond acceptors (Lipinski definition) is 10. The number of amides is 1. The summed E-state index contributed by atoms with van der Waals surface area (Å²) in [6, 6.07) is 18.7. The normalized spacial score (nSPS) is 13.8. The first-order valence-electron chi connectivity index (χ1n) is 13.4. The van der Waals surface area contributed by atoms with Crippen LogP contribution in [0.2, 0.25) is 0 Å². The van der Waals surface area contributed by atoms with Crippen LogP contribution in [-0.2, 0) is 20.2 Å². The third kappa shape index (κ3) is 15.0. The van der Waals surface area contributed by atoms with Crippen molar-refractivity contribution in [2.75, 3.05) is 64.2 Å². The Balaban J connectivity index is 0.000000613. The van der Waals surface area contributed by atoms with Crippen LogP contribution in [0.1, 0.15) is 20.7 Å². The number of carboxylic acids is 1. The summed E-state index contributed by atoms with van der Waals surface area (Å²) in [5, 5.41) is 22.7. The first-order chi connectivity index (χ1) is 20.9. The van der Waals surface area contributed by atoms with E-state index < -0.39 is 32.1 Å². The maximum atomic E-state index is 12.9. The number of hydrogen-bond donors (Lipinski definition) is 5. The molecule has 5 N–H and O–H groups in total. The van der Waals surface area contributed by atoms with Crippen molar-refractivity contribution in [1.29, 1.82) is 0 Å². The monoisotopic (exact) mass is 667 g/mol. The van der Waals surface area contributed by atoms with Crippen molar-refractivity contribution in [3.05, 3.63) is 77.9 Å². The van der Waals surface area contributed by atoms with Gasteiger partial charge in [-0.3, -0.25) is 18.8 Å². The number of carbonyl (C=O) groups is 2. The second-order valence-electron chi connectivity index (χ2n) is 10.0. The SMILES string of the molecule is CN1CCN(CCOc2ccc(C(=O)Nc3cc(-c4ccccc4)ccc3C(=O)O)c(O)c2)CC1.CS(=O)(=O)O.CS(=O)(=O)O. The van der Waals surface area contributed by atoms with Gasteiger partial charge in [-0.15, -0.1) is 0 Å². The fraction of sp³-hybridized carbons (Fsp3) is 0.310. The fourth-order valence-electron chi connectivity index (χ4n) is 3.99. The first-order valence-corrected chi connectivity index (χ1v) is 17.1. The Morgan fingerprint density at radius 2 is 1.38 bits per heavy atom. The molecular weight excluding hydrogens is 630 g/mol. The van der Waals surface area contributed by atoms with E-state index in [1.165, 1.54) is 18.2 Å². The maximum Gasteiger partial charge on any atom is 0.337 e. The average Bonchev–Trinajstić information content (AvgIpc) is 2.92. The number of phenols is 1. The molecule has 45 heavy (non-hydrogen) atoms. The molecule has 14 nitrogen and oxygen atoms in total. The van der Waals surface area contributed by atoms with Crippen LogP contribution >= 0.6 is 0 Å². The van der Waals surface area contributed by atoms with E-state index in [0.717, 1.165) is 43.9 Å². The molecular formula is C29H37N3O11S2. The lowest BCUT2D eigenvalue weighted by Crippen LogP contribution is -2.45. The van der Waals surface area contributed by atoms with Gasteiger partial charge < -0.3 is 25.2 Å². The van der Waals surface area contributed by atoms with Crippen molar-refractivity contribution in [2.45, 2.75) is 0 Å². The van der Waals surface area contributed by atoms with E-state index in [-0.39, 0.29) is 22.6 Å². The summed E-state index contributed by atoms with van der Waals surface area (Å²) in [4.78, 5) is 29.2. The van der Waals surface area contributed by atoms with Crippen LogP contribution in [0.3, 0.4) is 0 Å². The number of carboxylic acid groups (broad SMARTS) is 1. The second kappa shape index (κ2) is 16.9. The third-order valence-electron chi connectivity index (χ3n) is 6.09. The van der Waals surface area contributed by atoms with Crippen molar-refractivity contribution in [2.24, 2.45) is 0 Å². The average molecular weight is 668 g/mol. The largest absolute Gasteiger partial charge is 0.507 e. The Kier molecular flexibility index (Phi) is 13.9. The van der Waals surface area contributed by atoms with Gasteiger partial charge in [0.1, 0.15) is 18.1 Å². The number of rotatable bonds is 8. The van der Waals surface area contributed by atoms with Gasteiger partial charge in [0.05, 0.1) is 29.3 Å². The molecule has 16 heteroatoms. The molecule has 1 aliphatic rings. The minimum absolute atomic E-state index is 0.0258. The Labute approximate surface area is 262 Å². The van der Waals surface area contributed by atoms with Gasteiger partial charge in [-0.1, -0.05) is 36.4 Å². The molecule has 3 aromatic carbocycles. The summed E-state index contributed by atoms with van der Waals surface area (Å²) in [7, 11) is -5.23. The number of anilines is 1. The van der Waals surface area contributed by atoms with Gasteiger partial charge in [0, 0.05) is 38.8 Å². The zero-order chi connectivity index (χ0) is 33.8. The third-order valence-corrected chi connectivity index (χ3v) is 6.09. The van der Waals surface area contributed by atoms with Crippen LogP contribution in [0.5, 0.6) is 11.5 Å². The molecule has 0 radical (unpaired) electrons. The highest BCUT2D eigenvalue weighted by molar-refractivity contribution is 7.85. The van der Waals surface area contributed by atoms with Gasteiger partial charge in [-0.05, 0) is 42.4 Å². The number of benzene rings is 3. The molecule has 3 aromatic rings. The molecule has 246 valence electrons. The van der Waals surface area contributed by atoms with E-state index >= 15 is 0 Å². The minimum atomic E-state index is -3.67. The number of carbonyl (C=O) groups excluding carboxylic acids is 1. The Bertz CT molecular complexity index is 1610. The molecule has 0 atom stereocenters. The van der Waals surface area contributed by atoms with Crippen molar-refractivity contribution in [3.8, 4) is 22.6 Å². The highest BCUT2D eigenvalue weighted by Crippen LogP contribution is 2.28. The molecule has 1 heterocycles. The van der Waals surface area contributed by atoms with Gasteiger partial charge in [0.2, 0.25) is 0 Å². The fourth-order valence-corrected chi connectivity index (χ4v) is 3.99. The number of aromatic carboxylic acids is 1. The Morgan fingerprint density at radius 3 is 1.91 bits per heavy atom. The zero-order valence-electron chi connectivity index (χ0n) is 25.0. The lowest BCUT2D eigenvalue weighted by Gasteiger charge is -2.32. The molecule has 1 fully saturated rings. The molecule has 1 saturated heterocycles. The molecule has 0 aromatic heterocycles. The number of nitrogens with one attached hydrogen (secondary N) is 1. The molecule has 0 bridgehead atoms. The van der Waals surface area contributed by atoms with E-state index in [0.29, 0.717) is 24.9 Å². The number of phenolic OH excluding ortho intramolecular Hbond substituents is 1. The molecule has 0 spiro atoms. The van der Waals surface area contributed by atoms with Gasteiger partial charge >= 0.3 is 5.97 Å². The van der Waals surface area contributed by atoms with E-state index in [2.05, 4.69) is 22.2 Å². The number of nitrogens with zero attached hydrogens (tertiary/aromatic N) is 2. The van der Waals surface area contributed by atoms with Crippen LogP contribution < -0.4 is 10.1 Å². The molecule has 0 aliphatic carbocycles. The highest BCUT2D eigenvalue weighted by atomic mass is 32.2. The van der Waals surface area contributed by atoms with E-state index in [1.807, 2.05) is 30.3 Å². The second-order valence-corrected chi connectivity index (χ2v) is 13.0. The lowest BCUT2D eigenvalue weighted by atomic mass is 10.0. The number of aromatic hydroxyl groups is 1. The van der Waals surface area contributed by atoms with Gasteiger partial charge in [-0.25, -0.2) is 4.79 Å². The summed E-state index contributed by atoms with van der Waals surface area (Å²) >= 11 is 0. The summed E-state index contributed by atoms with van der Waals surface area (Å²) < 4.78 is 57.5. The van der Waals surface area contributed by atoms with Crippen LogP contribution in [-0.4, -0.2) is 117 Å². The predicted octanol–water partition coefficient (Wildman–Crippen LogP) is 2.64. The Morgan fingerprint density at radius 1 is 0.822 bits per heavy atom. The van der Waals surface area contributed by atoms with Gasteiger partial charge in [-0.2, -0.15) is 16.8 Å². The molecule has 4 rings (SSSR count). The molecule has 0 unspecified atom stereocenters. The Hall–Kier alpha value is -4.06. The number of ether oxygens (including phenoxy) is 1. The maximum absolute atomic E-state index is 12.9. The van der Waals surface area contributed by atoms with Crippen LogP contribution in [0, 0.1) is 0 Å². The standard InChI is InChI=1S/C27H29N3O5.2CH4O3S/c1-29-11-13-30(14-12-29)15-16-35-21-8-10-23(25(31)18-21)26(32)28-24-17-20(7-9-22(24)27(33)34)19-5-3-2-4-6-19;2*1-5(2,3)4/h2-10,17-18,31H,11-16H2,1H3,(H,28,32)(H,33,34);2*1H3,(H,2,3,4). The van der Waals surface area contributed by atoms with Gasteiger partial charge in [0.25, 0.3) is 26.1 Å². The van der Waals surface area contributed by atoms with Crippen molar-refractivity contribution < 1.29 is 50.5 Å². The van der Waals surface area contributed by atoms with Crippen molar-refractivity contribution >= 4 is 37.8 Å².